The predicted octanol–water partition coefficient (Wildman–Crippen LogP) is 3.80. The monoisotopic (exact) mass is 303 g/mol. The summed E-state index contributed by atoms with van der Waals surface area (Å²) in [4.78, 5) is 11.6. The number of halogens is 5. The second kappa shape index (κ2) is 4.98. The first-order valence-electron chi connectivity index (χ1n) is 5.88. The lowest BCUT2D eigenvalue weighted by Gasteiger charge is -2.20. The third-order valence-corrected chi connectivity index (χ3v) is 2.92. The number of alkyl halides is 5. The van der Waals surface area contributed by atoms with Crippen LogP contribution < -0.4 is 5.56 Å². The topological polar surface area (TPSA) is 22.0 Å². The molecule has 0 spiro atoms. The van der Waals surface area contributed by atoms with E-state index in [1.165, 1.54) is 16.8 Å². The zero-order chi connectivity index (χ0) is 15.8. The Balaban J connectivity index is 2.45. The van der Waals surface area contributed by atoms with E-state index in [2.05, 4.69) is 0 Å². The van der Waals surface area contributed by atoms with Gasteiger partial charge in [0.05, 0.1) is 0 Å². The average Bonchev–Trinajstić information content (AvgIpc) is 2.40. The number of aryl methyl sites for hydroxylation is 1. The number of rotatable bonds is 2. The van der Waals surface area contributed by atoms with Gasteiger partial charge in [-0.25, -0.2) is 0 Å². The van der Waals surface area contributed by atoms with E-state index in [1.807, 2.05) is 0 Å². The van der Waals surface area contributed by atoms with Crippen LogP contribution in [-0.2, 0) is 5.92 Å². The van der Waals surface area contributed by atoms with Crippen molar-refractivity contribution in [3.8, 4) is 5.69 Å². The van der Waals surface area contributed by atoms with Crippen LogP contribution in [0.5, 0.6) is 0 Å². The Labute approximate surface area is 116 Å². The molecule has 2 nitrogen and oxygen atoms in total. The second-order valence-electron chi connectivity index (χ2n) is 4.53. The van der Waals surface area contributed by atoms with Crippen LogP contribution in [0, 0.1) is 6.92 Å². The molecule has 0 amide bonds. The summed E-state index contributed by atoms with van der Waals surface area (Å²) in [5.74, 6) is -4.93. The van der Waals surface area contributed by atoms with E-state index >= 15 is 0 Å². The Morgan fingerprint density at radius 3 is 2.00 bits per heavy atom. The minimum atomic E-state index is -5.66. The molecule has 0 saturated heterocycles. The average molecular weight is 303 g/mol. The van der Waals surface area contributed by atoms with Gasteiger partial charge in [0, 0.05) is 23.5 Å². The van der Waals surface area contributed by atoms with Gasteiger partial charge in [-0.3, -0.25) is 9.36 Å². The van der Waals surface area contributed by atoms with Crippen molar-refractivity contribution in [2.75, 3.05) is 0 Å². The molecule has 0 N–H and O–H groups in total. The van der Waals surface area contributed by atoms with E-state index in [0.717, 1.165) is 17.7 Å². The van der Waals surface area contributed by atoms with Gasteiger partial charge in [0.25, 0.3) is 5.56 Å². The molecule has 1 heterocycles. The zero-order valence-corrected chi connectivity index (χ0v) is 10.8. The largest absolute Gasteiger partial charge is 0.458 e. The number of aromatic nitrogens is 1. The molecule has 0 radical (unpaired) electrons. The molecule has 0 aliphatic carbocycles. The summed E-state index contributed by atoms with van der Waals surface area (Å²) in [6, 6.07) is 6.29. The highest BCUT2D eigenvalue weighted by Crippen LogP contribution is 2.43. The Morgan fingerprint density at radius 2 is 1.48 bits per heavy atom. The van der Waals surface area contributed by atoms with Crippen molar-refractivity contribution in [1.29, 1.82) is 0 Å². The molecule has 0 unspecified atom stereocenters. The molecule has 7 heteroatoms. The maximum atomic E-state index is 13.1. The van der Waals surface area contributed by atoms with E-state index in [4.69, 9.17) is 0 Å². The van der Waals surface area contributed by atoms with Gasteiger partial charge in [-0.1, -0.05) is 18.2 Å². The van der Waals surface area contributed by atoms with Crippen molar-refractivity contribution in [2.24, 2.45) is 0 Å². The highest BCUT2D eigenvalue weighted by molar-refractivity contribution is 5.37. The number of hydrogen-bond acceptors (Lipinski definition) is 1. The number of benzene rings is 1. The molecule has 112 valence electrons. The lowest BCUT2D eigenvalue weighted by molar-refractivity contribution is -0.289. The van der Waals surface area contributed by atoms with E-state index in [0.29, 0.717) is 12.1 Å². The molecule has 0 fully saturated rings. The third-order valence-electron chi connectivity index (χ3n) is 2.92. The number of pyridine rings is 1. The van der Waals surface area contributed by atoms with Crippen LogP contribution in [0.1, 0.15) is 11.1 Å². The maximum absolute atomic E-state index is 13.1. The predicted molar refractivity (Wildman–Crippen MR) is 66.7 cm³/mol. The van der Waals surface area contributed by atoms with Gasteiger partial charge in [0.15, 0.2) is 0 Å². The van der Waals surface area contributed by atoms with Crippen molar-refractivity contribution in [1.82, 2.24) is 4.57 Å². The Morgan fingerprint density at radius 1 is 0.905 bits per heavy atom. The van der Waals surface area contributed by atoms with Crippen LogP contribution in [0.15, 0.2) is 47.4 Å². The fraction of sp³-hybridized carbons (Fsp3) is 0.214. The summed E-state index contributed by atoms with van der Waals surface area (Å²) < 4.78 is 64.2. The zero-order valence-electron chi connectivity index (χ0n) is 10.8. The highest BCUT2D eigenvalue weighted by atomic mass is 19.4. The molecule has 0 atom stereocenters. The minimum absolute atomic E-state index is 0.213. The Kier molecular flexibility index (Phi) is 3.61. The van der Waals surface area contributed by atoms with Crippen molar-refractivity contribution < 1.29 is 22.0 Å². The molecule has 21 heavy (non-hydrogen) atoms. The highest BCUT2D eigenvalue weighted by Gasteiger charge is 2.58. The fourth-order valence-electron chi connectivity index (χ4n) is 1.79. The van der Waals surface area contributed by atoms with Gasteiger partial charge in [0.1, 0.15) is 0 Å². The molecule has 0 saturated carbocycles. The number of nitrogens with zero attached hydrogens (tertiary/aromatic N) is 1. The van der Waals surface area contributed by atoms with Gasteiger partial charge < -0.3 is 0 Å². The van der Waals surface area contributed by atoms with Crippen molar-refractivity contribution >= 4 is 0 Å². The normalized spacial score (nSPS) is 12.5. The molecule has 2 rings (SSSR count). The van der Waals surface area contributed by atoms with Crippen LogP contribution in [-0.4, -0.2) is 10.7 Å². The van der Waals surface area contributed by atoms with E-state index in [9.17, 15) is 26.7 Å². The Bertz CT molecular complexity index is 701. The maximum Gasteiger partial charge on any atom is 0.458 e. The lowest BCUT2D eigenvalue weighted by atomic mass is 10.1. The summed E-state index contributed by atoms with van der Waals surface area (Å²) in [5.41, 5.74) is -0.611. The van der Waals surface area contributed by atoms with Gasteiger partial charge in [-0.2, -0.15) is 22.0 Å². The van der Waals surface area contributed by atoms with Crippen LogP contribution in [0.4, 0.5) is 22.0 Å². The van der Waals surface area contributed by atoms with Crippen LogP contribution in [0.25, 0.3) is 5.69 Å². The van der Waals surface area contributed by atoms with Crippen molar-refractivity contribution in [3.63, 3.8) is 0 Å². The van der Waals surface area contributed by atoms with Crippen LogP contribution in [0.3, 0.4) is 0 Å². The van der Waals surface area contributed by atoms with Gasteiger partial charge in [-0.05, 0) is 24.6 Å². The molecule has 0 aliphatic rings. The van der Waals surface area contributed by atoms with Gasteiger partial charge in [-0.15, -0.1) is 0 Å². The first-order valence-corrected chi connectivity index (χ1v) is 5.88. The molecule has 1 aromatic heterocycles. The second-order valence-corrected chi connectivity index (χ2v) is 4.53. The van der Waals surface area contributed by atoms with Gasteiger partial charge >= 0.3 is 12.1 Å². The van der Waals surface area contributed by atoms with Gasteiger partial charge in [0.2, 0.25) is 0 Å². The quantitative estimate of drug-likeness (QED) is 0.774. The van der Waals surface area contributed by atoms with E-state index in [1.54, 1.807) is 13.0 Å². The first-order chi connectivity index (χ1) is 9.63. The third kappa shape index (κ3) is 2.81. The van der Waals surface area contributed by atoms with E-state index in [-0.39, 0.29) is 5.69 Å². The fourth-order valence-corrected chi connectivity index (χ4v) is 1.79. The minimum Gasteiger partial charge on any atom is -0.284 e. The SMILES string of the molecule is Cc1ccc(=O)n(-c2ccc(C(F)(F)C(F)(F)F)cc2)c1. The number of hydrogen-bond donors (Lipinski definition) is 0. The van der Waals surface area contributed by atoms with E-state index < -0.39 is 23.2 Å². The summed E-state index contributed by atoms with van der Waals surface area (Å²) in [5, 5.41) is 0. The smallest absolute Gasteiger partial charge is 0.284 e. The summed E-state index contributed by atoms with van der Waals surface area (Å²) in [6.45, 7) is 1.72. The van der Waals surface area contributed by atoms with Crippen LogP contribution >= 0.6 is 0 Å². The van der Waals surface area contributed by atoms with Crippen molar-refractivity contribution in [2.45, 2.75) is 19.0 Å². The van der Waals surface area contributed by atoms with Crippen molar-refractivity contribution in [3.05, 3.63) is 64.1 Å². The lowest BCUT2D eigenvalue weighted by Crippen LogP contribution is -2.33. The molecule has 1 aromatic carbocycles. The molecular weight excluding hydrogens is 293 g/mol. The molecule has 0 bridgehead atoms. The molecule has 2 aromatic rings. The first kappa shape index (κ1) is 15.2. The summed E-state index contributed by atoms with van der Waals surface area (Å²) >= 11 is 0. The standard InChI is InChI=1S/C14H10F5NO/c1-9-2-7-12(21)20(8-9)11-5-3-10(4-6-11)13(15,16)14(17,18)19/h2-8H,1H3. The molecular formula is C14H10F5NO. The summed E-state index contributed by atoms with van der Waals surface area (Å²) in [6.07, 6.45) is -4.19. The summed E-state index contributed by atoms with van der Waals surface area (Å²) in [7, 11) is 0. The van der Waals surface area contributed by atoms with Crippen LogP contribution in [0.2, 0.25) is 0 Å². The Hall–Kier alpha value is -2.18. The molecule has 0 aliphatic heterocycles.